The molecule has 2 N–H and O–H groups in total. The van der Waals surface area contributed by atoms with Crippen molar-refractivity contribution in [2.24, 2.45) is 0 Å². The molecule has 3 rings (SSSR count). The second-order valence-electron chi connectivity index (χ2n) is 5.27. The number of carbonyl (C=O) groups excluding carboxylic acids is 1. The number of anilines is 1. The Kier molecular flexibility index (Phi) is 3.63. The van der Waals surface area contributed by atoms with E-state index in [2.05, 4.69) is 5.32 Å². The molecule has 1 saturated heterocycles. The van der Waals surface area contributed by atoms with E-state index < -0.39 is 0 Å². The molecule has 1 aromatic carbocycles. The van der Waals surface area contributed by atoms with Crippen LogP contribution in [0.25, 0.3) is 0 Å². The Morgan fingerprint density at radius 1 is 1.48 bits per heavy atom. The molecule has 0 spiro atoms. The molecule has 2 atom stereocenters. The molecule has 2 aliphatic rings. The molecule has 1 amide bonds. The summed E-state index contributed by atoms with van der Waals surface area (Å²) in [5.74, 6) is 0.223. The van der Waals surface area contributed by atoms with E-state index in [1.807, 2.05) is 11.8 Å². The third-order valence-electron chi connectivity index (χ3n) is 4.13. The zero-order valence-corrected chi connectivity index (χ0v) is 12.3. The standard InChI is InChI=1S/C15H20N2O4/c1-3-21-14-10-5-4-8-17(10)15(19)9-6-7-11(20-2)13(18)12(9)16-14/h6-7,10,14,16,18H,3-5,8H2,1-2H3. The largest absolute Gasteiger partial charge is 0.503 e. The summed E-state index contributed by atoms with van der Waals surface area (Å²) in [5.41, 5.74) is 0.856. The van der Waals surface area contributed by atoms with Gasteiger partial charge in [0.1, 0.15) is 6.23 Å². The molecule has 114 valence electrons. The molecule has 0 aliphatic carbocycles. The summed E-state index contributed by atoms with van der Waals surface area (Å²) in [4.78, 5) is 14.5. The van der Waals surface area contributed by atoms with E-state index in [4.69, 9.17) is 9.47 Å². The fourth-order valence-corrected chi connectivity index (χ4v) is 3.15. The highest BCUT2D eigenvalue weighted by Gasteiger charge is 2.40. The maximum absolute atomic E-state index is 12.7. The number of benzene rings is 1. The minimum absolute atomic E-state index is 0.00440. The maximum Gasteiger partial charge on any atom is 0.256 e. The van der Waals surface area contributed by atoms with Crippen molar-refractivity contribution in [3.05, 3.63) is 17.7 Å². The van der Waals surface area contributed by atoms with Gasteiger partial charge in [0.25, 0.3) is 5.91 Å². The van der Waals surface area contributed by atoms with Crippen molar-refractivity contribution < 1.29 is 19.4 Å². The lowest BCUT2D eigenvalue weighted by Crippen LogP contribution is -2.44. The predicted octanol–water partition coefficient (Wildman–Crippen LogP) is 1.79. The first-order chi connectivity index (χ1) is 10.2. The topological polar surface area (TPSA) is 71.0 Å². The molecule has 0 bridgehead atoms. The summed E-state index contributed by atoms with van der Waals surface area (Å²) in [7, 11) is 1.48. The van der Waals surface area contributed by atoms with E-state index in [1.54, 1.807) is 12.1 Å². The number of hydrogen-bond acceptors (Lipinski definition) is 5. The molecule has 6 nitrogen and oxygen atoms in total. The van der Waals surface area contributed by atoms with Crippen molar-refractivity contribution in [3.8, 4) is 11.5 Å². The van der Waals surface area contributed by atoms with Crippen molar-refractivity contribution in [2.45, 2.75) is 32.0 Å². The Balaban J connectivity index is 2.08. The summed E-state index contributed by atoms with van der Waals surface area (Å²) in [6.45, 7) is 3.18. The van der Waals surface area contributed by atoms with Gasteiger partial charge in [-0.3, -0.25) is 4.79 Å². The van der Waals surface area contributed by atoms with Crippen LogP contribution in [0.2, 0.25) is 0 Å². The van der Waals surface area contributed by atoms with E-state index in [0.717, 1.165) is 19.4 Å². The molecule has 2 heterocycles. The highest BCUT2D eigenvalue weighted by Crippen LogP contribution is 2.41. The van der Waals surface area contributed by atoms with Gasteiger partial charge in [0, 0.05) is 13.2 Å². The normalized spacial score (nSPS) is 24.1. The average molecular weight is 292 g/mol. The fraction of sp³-hybridized carbons (Fsp3) is 0.533. The highest BCUT2D eigenvalue weighted by atomic mass is 16.5. The first kappa shape index (κ1) is 14.0. The molecular formula is C15H20N2O4. The minimum Gasteiger partial charge on any atom is -0.503 e. The summed E-state index contributed by atoms with van der Waals surface area (Å²) >= 11 is 0. The Morgan fingerprint density at radius 2 is 2.29 bits per heavy atom. The van der Waals surface area contributed by atoms with Crippen molar-refractivity contribution >= 4 is 11.6 Å². The van der Waals surface area contributed by atoms with E-state index in [-0.39, 0.29) is 23.9 Å². The van der Waals surface area contributed by atoms with Crippen LogP contribution in [-0.4, -0.2) is 48.4 Å². The quantitative estimate of drug-likeness (QED) is 0.831. The molecule has 2 unspecified atom stereocenters. The fourth-order valence-electron chi connectivity index (χ4n) is 3.15. The number of hydrogen-bond donors (Lipinski definition) is 2. The molecule has 6 heteroatoms. The monoisotopic (exact) mass is 292 g/mol. The molecule has 1 aromatic rings. The summed E-state index contributed by atoms with van der Waals surface area (Å²) in [6.07, 6.45) is 1.55. The van der Waals surface area contributed by atoms with Crippen LogP contribution in [-0.2, 0) is 4.74 Å². The first-order valence-electron chi connectivity index (χ1n) is 7.26. The molecule has 2 aliphatic heterocycles. The van der Waals surface area contributed by atoms with Crippen molar-refractivity contribution in [3.63, 3.8) is 0 Å². The maximum atomic E-state index is 12.7. The lowest BCUT2D eigenvalue weighted by Gasteiger charge is -2.29. The Hall–Kier alpha value is -1.95. The third kappa shape index (κ3) is 2.19. The molecule has 0 saturated carbocycles. The van der Waals surface area contributed by atoms with Gasteiger partial charge in [0.15, 0.2) is 11.5 Å². The van der Waals surface area contributed by atoms with E-state index in [1.165, 1.54) is 7.11 Å². The third-order valence-corrected chi connectivity index (χ3v) is 4.13. The van der Waals surface area contributed by atoms with Gasteiger partial charge in [-0.15, -0.1) is 0 Å². The number of phenolic OH excluding ortho intramolecular Hbond substituents is 1. The Bertz CT molecular complexity index is 561. The smallest absolute Gasteiger partial charge is 0.256 e. The van der Waals surface area contributed by atoms with Gasteiger partial charge in [-0.25, -0.2) is 0 Å². The summed E-state index contributed by atoms with van der Waals surface area (Å²) in [5, 5.41) is 13.5. The number of rotatable bonds is 3. The minimum atomic E-state index is -0.319. The zero-order valence-electron chi connectivity index (χ0n) is 12.3. The number of aromatic hydroxyl groups is 1. The Morgan fingerprint density at radius 3 is 3.00 bits per heavy atom. The number of carbonyl (C=O) groups is 1. The highest BCUT2D eigenvalue weighted by molar-refractivity contribution is 6.02. The molecule has 21 heavy (non-hydrogen) atoms. The number of fused-ring (bicyclic) bond motifs is 2. The van der Waals surface area contributed by atoms with Crippen LogP contribution in [0.3, 0.4) is 0 Å². The lowest BCUT2D eigenvalue weighted by atomic mass is 10.1. The second-order valence-corrected chi connectivity index (χ2v) is 5.27. The second kappa shape index (κ2) is 5.44. The van der Waals surface area contributed by atoms with Gasteiger partial charge in [-0.05, 0) is 31.9 Å². The van der Waals surface area contributed by atoms with Gasteiger partial charge in [0.05, 0.1) is 24.4 Å². The van der Waals surface area contributed by atoms with Crippen LogP contribution in [0.4, 0.5) is 5.69 Å². The summed E-state index contributed by atoms with van der Waals surface area (Å²) < 4.78 is 10.9. The van der Waals surface area contributed by atoms with Crippen molar-refractivity contribution in [2.75, 3.05) is 25.6 Å². The number of nitrogens with zero attached hydrogens (tertiary/aromatic N) is 1. The van der Waals surface area contributed by atoms with Gasteiger partial charge in [-0.2, -0.15) is 0 Å². The molecule has 0 aromatic heterocycles. The van der Waals surface area contributed by atoms with E-state index in [0.29, 0.717) is 23.6 Å². The number of amides is 1. The number of nitrogens with one attached hydrogen (secondary N) is 1. The van der Waals surface area contributed by atoms with Crippen LogP contribution in [0, 0.1) is 0 Å². The van der Waals surface area contributed by atoms with Gasteiger partial charge >= 0.3 is 0 Å². The van der Waals surface area contributed by atoms with Crippen LogP contribution < -0.4 is 10.1 Å². The van der Waals surface area contributed by atoms with Crippen LogP contribution in [0.5, 0.6) is 11.5 Å². The van der Waals surface area contributed by atoms with Crippen LogP contribution >= 0.6 is 0 Å². The predicted molar refractivity (Wildman–Crippen MR) is 77.8 cm³/mol. The van der Waals surface area contributed by atoms with Crippen molar-refractivity contribution in [1.29, 1.82) is 0 Å². The Labute approximate surface area is 123 Å². The number of ether oxygens (including phenoxy) is 2. The number of phenols is 1. The van der Waals surface area contributed by atoms with Gasteiger partial charge < -0.3 is 24.8 Å². The number of methoxy groups -OCH3 is 1. The average Bonchev–Trinajstić information content (AvgIpc) is 2.93. The molecular weight excluding hydrogens is 272 g/mol. The lowest BCUT2D eigenvalue weighted by molar-refractivity contribution is 0.0232. The SMILES string of the molecule is CCOC1Nc2c(ccc(OC)c2O)C(=O)N2CCCC12. The van der Waals surface area contributed by atoms with Crippen molar-refractivity contribution in [1.82, 2.24) is 4.90 Å². The van der Waals surface area contributed by atoms with E-state index >= 15 is 0 Å². The molecule has 0 radical (unpaired) electrons. The van der Waals surface area contributed by atoms with Gasteiger partial charge in [0.2, 0.25) is 0 Å². The molecule has 1 fully saturated rings. The first-order valence-corrected chi connectivity index (χ1v) is 7.26. The zero-order chi connectivity index (χ0) is 15.0. The summed E-state index contributed by atoms with van der Waals surface area (Å²) in [6, 6.07) is 3.29. The van der Waals surface area contributed by atoms with Crippen LogP contribution in [0.15, 0.2) is 12.1 Å². The van der Waals surface area contributed by atoms with Gasteiger partial charge in [-0.1, -0.05) is 0 Å². The van der Waals surface area contributed by atoms with E-state index in [9.17, 15) is 9.90 Å². The van der Waals surface area contributed by atoms with Crippen LogP contribution in [0.1, 0.15) is 30.1 Å².